The largest absolute Gasteiger partial charge is 0.399 e. The van der Waals surface area contributed by atoms with Crippen molar-refractivity contribution in [3.8, 4) is 11.4 Å². The van der Waals surface area contributed by atoms with E-state index < -0.39 is 0 Å². The van der Waals surface area contributed by atoms with E-state index in [1.807, 2.05) is 65.5 Å². The molecule has 114 valence electrons. The van der Waals surface area contributed by atoms with Crippen LogP contribution in [-0.2, 0) is 0 Å². The zero-order valence-electron chi connectivity index (χ0n) is 12.5. The zero-order chi connectivity index (χ0) is 15.8. The Labute approximate surface area is 137 Å². The van der Waals surface area contributed by atoms with Gasteiger partial charge in [-0.1, -0.05) is 12.1 Å². The molecule has 0 aliphatic carbocycles. The Morgan fingerprint density at radius 1 is 1.22 bits per heavy atom. The van der Waals surface area contributed by atoms with Gasteiger partial charge in [0.1, 0.15) is 11.3 Å². The maximum Gasteiger partial charge on any atom is 0.187 e. The van der Waals surface area contributed by atoms with Crippen molar-refractivity contribution in [1.29, 1.82) is 0 Å². The van der Waals surface area contributed by atoms with Gasteiger partial charge >= 0.3 is 0 Å². The molecular formula is C17H15N5S. The standard InChI is InChI=1S/C17H15N5S/c1-11-5-6-12(18)8-13(11)20-17-21-14(10-23-17)15-9-19-16-4-2-3-7-22(15)16/h2-10H,18H2,1H3,(H,20,21). The topological polar surface area (TPSA) is 68.2 Å². The molecule has 0 amide bonds. The molecule has 0 saturated heterocycles. The summed E-state index contributed by atoms with van der Waals surface area (Å²) in [5.41, 5.74) is 11.5. The molecule has 0 aliphatic rings. The number of benzene rings is 1. The van der Waals surface area contributed by atoms with E-state index in [0.717, 1.165) is 39.1 Å². The van der Waals surface area contributed by atoms with Crippen LogP contribution in [0.2, 0.25) is 0 Å². The first-order valence-electron chi connectivity index (χ1n) is 7.22. The number of rotatable bonds is 3. The van der Waals surface area contributed by atoms with Crippen molar-refractivity contribution >= 4 is 33.5 Å². The number of imidazole rings is 1. The molecule has 0 bridgehead atoms. The van der Waals surface area contributed by atoms with Crippen LogP contribution in [0.5, 0.6) is 0 Å². The van der Waals surface area contributed by atoms with Crippen LogP contribution in [0, 0.1) is 6.92 Å². The second kappa shape index (κ2) is 5.40. The highest BCUT2D eigenvalue weighted by Gasteiger charge is 2.10. The number of pyridine rings is 1. The quantitative estimate of drug-likeness (QED) is 0.558. The number of aryl methyl sites for hydroxylation is 1. The molecule has 4 rings (SSSR count). The molecule has 5 nitrogen and oxygen atoms in total. The molecule has 0 atom stereocenters. The lowest BCUT2D eigenvalue weighted by molar-refractivity contribution is 1.18. The Hall–Kier alpha value is -2.86. The maximum atomic E-state index is 5.86. The Morgan fingerprint density at radius 2 is 2.13 bits per heavy atom. The van der Waals surface area contributed by atoms with Crippen LogP contribution in [0.25, 0.3) is 17.0 Å². The van der Waals surface area contributed by atoms with E-state index in [9.17, 15) is 0 Å². The molecule has 1 aromatic carbocycles. The van der Waals surface area contributed by atoms with Crippen LogP contribution >= 0.6 is 11.3 Å². The molecular weight excluding hydrogens is 306 g/mol. The fourth-order valence-electron chi connectivity index (χ4n) is 2.46. The van der Waals surface area contributed by atoms with E-state index in [0.29, 0.717) is 0 Å². The second-order valence-corrected chi connectivity index (χ2v) is 6.17. The lowest BCUT2D eigenvalue weighted by atomic mass is 10.2. The molecule has 0 fully saturated rings. The highest BCUT2D eigenvalue weighted by molar-refractivity contribution is 7.14. The summed E-state index contributed by atoms with van der Waals surface area (Å²) in [6.45, 7) is 2.04. The van der Waals surface area contributed by atoms with Gasteiger partial charge in [0.2, 0.25) is 0 Å². The molecule has 3 aromatic heterocycles. The van der Waals surface area contributed by atoms with Crippen molar-refractivity contribution in [3.63, 3.8) is 0 Å². The number of hydrogen-bond acceptors (Lipinski definition) is 5. The van der Waals surface area contributed by atoms with Crippen molar-refractivity contribution in [2.75, 3.05) is 11.1 Å². The predicted molar refractivity (Wildman–Crippen MR) is 95.2 cm³/mol. The highest BCUT2D eigenvalue weighted by atomic mass is 32.1. The van der Waals surface area contributed by atoms with E-state index >= 15 is 0 Å². The molecule has 23 heavy (non-hydrogen) atoms. The summed E-state index contributed by atoms with van der Waals surface area (Å²) >= 11 is 1.56. The number of thiazole rings is 1. The monoisotopic (exact) mass is 321 g/mol. The van der Waals surface area contributed by atoms with Gasteiger partial charge in [-0.25, -0.2) is 9.97 Å². The van der Waals surface area contributed by atoms with E-state index in [1.165, 1.54) is 0 Å². The minimum atomic E-state index is 0.733. The smallest absolute Gasteiger partial charge is 0.187 e. The SMILES string of the molecule is Cc1ccc(N)cc1Nc1nc(-c2cnc3ccccn23)cs1. The van der Waals surface area contributed by atoms with Crippen molar-refractivity contribution in [2.24, 2.45) is 0 Å². The summed E-state index contributed by atoms with van der Waals surface area (Å²) in [5, 5.41) is 6.20. The number of fused-ring (bicyclic) bond motifs is 1. The maximum absolute atomic E-state index is 5.86. The van der Waals surface area contributed by atoms with Gasteiger partial charge in [-0.05, 0) is 36.8 Å². The summed E-state index contributed by atoms with van der Waals surface area (Å²) in [6, 6.07) is 11.8. The lowest BCUT2D eigenvalue weighted by Crippen LogP contribution is -1.95. The summed E-state index contributed by atoms with van der Waals surface area (Å²) in [7, 11) is 0. The van der Waals surface area contributed by atoms with Crippen molar-refractivity contribution in [2.45, 2.75) is 6.92 Å². The van der Waals surface area contributed by atoms with Crippen LogP contribution in [0.3, 0.4) is 0 Å². The van der Waals surface area contributed by atoms with Gasteiger partial charge in [-0.2, -0.15) is 0 Å². The molecule has 4 aromatic rings. The number of nitrogens with one attached hydrogen (secondary N) is 1. The normalized spacial score (nSPS) is 11.0. The fraction of sp³-hybridized carbons (Fsp3) is 0.0588. The summed E-state index contributed by atoms with van der Waals surface area (Å²) in [5.74, 6) is 0. The predicted octanol–water partition coefficient (Wildman–Crippen LogP) is 4.09. The highest BCUT2D eigenvalue weighted by Crippen LogP contribution is 2.29. The number of aromatic nitrogens is 3. The first kappa shape index (κ1) is 13.8. The second-order valence-electron chi connectivity index (χ2n) is 5.31. The molecule has 0 radical (unpaired) electrons. The number of nitrogen functional groups attached to an aromatic ring is 1. The van der Waals surface area contributed by atoms with Gasteiger partial charge in [-0.15, -0.1) is 11.3 Å². The van der Waals surface area contributed by atoms with Crippen molar-refractivity contribution in [1.82, 2.24) is 14.4 Å². The Kier molecular flexibility index (Phi) is 3.24. The molecule has 3 N–H and O–H groups in total. The van der Waals surface area contributed by atoms with Crippen molar-refractivity contribution in [3.05, 3.63) is 59.7 Å². The van der Waals surface area contributed by atoms with Crippen LogP contribution in [-0.4, -0.2) is 14.4 Å². The molecule has 6 heteroatoms. The average molecular weight is 321 g/mol. The molecule has 0 spiro atoms. The molecule has 0 saturated carbocycles. The first-order valence-corrected chi connectivity index (χ1v) is 8.10. The molecule has 0 aliphatic heterocycles. The van der Waals surface area contributed by atoms with Crippen LogP contribution in [0.15, 0.2) is 54.2 Å². The number of nitrogens with zero attached hydrogens (tertiary/aromatic N) is 3. The third-order valence-electron chi connectivity index (χ3n) is 3.69. The van der Waals surface area contributed by atoms with Gasteiger partial charge < -0.3 is 11.1 Å². The lowest BCUT2D eigenvalue weighted by Gasteiger charge is -2.07. The number of hydrogen-bond donors (Lipinski definition) is 2. The minimum Gasteiger partial charge on any atom is -0.399 e. The Bertz CT molecular complexity index is 985. The Morgan fingerprint density at radius 3 is 3.04 bits per heavy atom. The fourth-order valence-corrected chi connectivity index (χ4v) is 3.18. The zero-order valence-corrected chi connectivity index (χ0v) is 13.3. The summed E-state index contributed by atoms with van der Waals surface area (Å²) < 4.78 is 2.03. The molecule has 3 heterocycles. The third kappa shape index (κ3) is 2.53. The molecule has 0 unspecified atom stereocenters. The summed E-state index contributed by atoms with van der Waals surface area (Å²) in [6.07, 6.45) is 3.84. The van der Waals surface area contributed by atoms with Crippen molar-refractivity contribution < 1.29 is 0 Å². The van der Waals surface area contributed by atoms with E-state index in [1.54, 1.807) is 11.3 Å². The van der Waals surface area contributed by atoms with E-state index in [4.69, 9.17) is 5.73 Å². The van der Waals surface area contributed by atoms with Gasteiger partial charge in [-0.3, -0.25) is 4.40 Å². The van der Waals surface area contributed by atoms with Crippen LogP contribution in [0.1, 0.15) is 5.56 Å². The van der Waals surface area contributed by atoms with E-state index in [2.05, 4.69) is 15.3 Å². The third-order valence-corrected chi connectivity index (χ3v) is 4.44. The van der Waals surface area contributed by atoms with Crippen LogP contribution in [0.4, 0.5) is 16.5 Å². The van der Waals surface area contributed by atoms with Gasteiger partial charge in [0.05, 0.1) is 11.9 Å². The van der Waals surface area contributed by atoms with Gasteiger partial charge in [0.25, 0.3) is 0 Å². The number of anilines is 3. The van der Waals surface area contributed by atoms with Gasteiger partial charge in [0.15, 0.2) is 5.13 Å². The first-order chi connectivity index (χ1) is 11.2. The summed E-state index contributed by atoms with van der Waals surface area (Å²) in [4.78, 5) is 9.08. The van der Waals surface area contributed by atoms with E-state index in [-0.39, 0.29) is 0 Å². The average Bonchev–Trinajstić information content (AvgIpc) is 3.17. The number of nitrogens with two attached hydrogens (primary N) is 1. The van der Waals surface area contributed by atoms with Gasteiger partial charge in [0, 0.05) is 23.0 Å². The van der Waals surface area contributed by atoms with Crippen LogP contribution < -0.4 is 11.1 Å². The Balaban J connectivity index is 1.68. The minimum absolute atomic E-state index is 0.733.